The van der Waals surface area contributed by atoms with Crippen LogP contribution in [0.5, 0.6) is 0 Å². The molecule has 1 atom stereocenters. The lowest BCUT2D eigenvalue weighted by Crippen LogP contribution is -2.35. The van der Waals surface area contributed by atoms with E-state index in [4.69, 9.17) is 5.11 Å². The highest BCUT2D eigenvalue weighted by atomic mass is 16.6. The molecule has 0 spiro atoms. The highest BCUT2D eigenvalue weighted by Crippen LogP contribution is 2.23. The van der Waals surface area contributed by atoms with Gasteiger partial charge in [0, 0.05) is 7.05 Å². The van der Waals surface area contributed by atoms with E-state index in [1.807, 2.05) is 0 Å². The van der Waals surface area contributed by atoms with Crippen LogP contribution in [0.15, 0.2) is 6.33 Å². The maximum atomic E-state index is 11.0. The van der Waals surface area contributed by atoms with Gasteiger partial charge in [-0.15, -0.1) is 0 Å². The number of rotatable bonds is 5. The molecule has 94 valence electrons. The third-order valence-corrected chi connectivity index (χ3v) is 2.32. The van der Waals surface area contributed by atoms with Crippen LogP contribution in [0.1, 0.15) is 13.8 Å². The second kappa shape index (κ2) is 4.81. The summed E-state index contributed by atoms with van der Waals surface area (Å²) < 4.78 is 1.39. The highest BCUT2D eigenvalue weighted by molar-refractivity contribution is 5.78. The van der Waals surface area contributed by atoms with E-state index in [1.165, 1.54) is 10.9 Å². The Morgan fingerprint density at radius 2 is 2.24 bits per heavy atom. The second-order valence-electron chi connectivity index (χ2n) is 3.99. The summed E-state index contributed by atoms with van der Waals surface area (Å²) in [5, 5.41) is 22.3. The fraction of sp³-hybridized carbons (Fsp3) is 0.556. The van der Waals surface area contributed by atoms with Crippen molar-refractivity contribution in [1.29, 1.82) is 0 Å². The summed E-state index contributed by atoms with van der Waals surface area (Å²) in [5.41, 5.74) is 0. The SMILES string of the molecule is CC(C)[C@H](Nc1c([N+](=O)[O-])ncn1C)C(=O)O. The Labute approximate surface area is 97.4 Å². The summed E-state index contributed by atoms with van der Waals surface area (Å²) in [4.78, 5) is 24.6. The van der Waals surface area contributed by atoms with E-state index in [0.717, 1.165) is 0 Å². The van der Waals surface area contributed by atoms with Gasteiger partial charge in [-0.2, -0.15) is 0 Å². The van der Waals surface area contributed by atoms with Crippen molar-refractivity contribution in [2.75, 3.05) is 5.32 Å². The quantitative estimate of drug-likeness (QED) is 0.585. The molecule has 0 unspecified atom stereocenters. The zero-order chi connectivity index (χ0) is 13.2. The van der Waals surface area contributed by atoms with Crippen molar-refractivity contribution in [2.24, 2.45) is 13.0 Å². The van der Waals surface area contributed by atoms with E-state index in [0.29, 0.717) is 0 Å². The predicted octanol–water partition coefficient (Wildman–Crippen LogP) is 0.849. The fourth-order valence-electron chi connectivity index (χ4n) is 1.38. The van der Waals surface area contributed by atoms with Crippen LogP contribution >= 0.6 is 0 Å². The van der Waals surface area contributed by atoms with Crippen molar-refractivity contribution < 1.29 is 14.8 Å². The number of nitro groups is 1. The number of carboxylic acid groups (broad SMARTS) is 1. The van der Waals surface area contributed by atoms with Crippen molar-refractivity contribution in [2.45, 2.75) is 19.9 Å². The molecule has 0 amide bonds. The van der Waals surface area contributed by atoms with Gasteiger partial charge in [-0.25, -0.2) is 4.79 Å². The maximum absolute atomic E-state index is 11.0. The molecule has 8 nitrogen and oxygen atoms in total. The highest BCUT2D eigenvalue weighted by Gasteiger charge is 2.27. The predicted molar refractivity (Wildman–Crippen MR) is 59.7 cm³/mol. The van der Waals surface area contributed by atoms with Crippen LogP contribution in [-0.4, -0.2) is 31.6 Å². The molecular formula is C9H14N4O4. The zero-order valence-electron chi connectivity index (χ0n) is 9.75. The van der Waals surface area contributed by atoms with Crippen molar-refractivity contribution >= 4 is 17.6 Å². The van der Waals surface area contributed by atoms with E-state index >= 15 is 0 Å². The van der Waals surface area contributed by atoms with Gasteiger partial charge in [0.1, 0.15) is 6.04 Å². The average Bonchev–Trinajstić information content (AvgIpc) is 2.55. The smallest absolute Gasteiger partial charge is 0.406 e. The van der Waals surface area contributed by atoms with Crippen LogP contribution in [0, 0.1) is 16.0 Å². The van der Waals surface area contributed by atoms with Crippen molar-refractivity contribution in [1.82, 2.24) is 9.55 Å². The van der Waals surface area contributed by atoms with E-state index in [1.54, 1.807) is 20.9 Å². The molecule has 1 rings (SSSR count). The normalized spacial score (nSPS) is 12.5. The number of nitrogens with one attached hydrogen (secondary N) is 1. The second-order valence-corrected chi connectivity index (χ2v) is 3.99. The number of carboxylic acids is 1. The molecule has 8 heteroatoms. The minimum absolute atomic E-state index is 0.0936. The summed E-state index contributed by atoms with van der Waals surface area (Å²) in [7, 11) is 1.56. The zero-order valence-corrected chi connectivity index (χ0v) is 9.75. The first-order valence-electron chi connectivity index (χ1n) is 4.99. The number of hydrogen-bond acceptors (Lipinski definition) is 5. The van der Waals surface area contributed by atoms with Crippen LogP contribution in [0.3, 0.4) is 0 Å². The Kier molecular flexibility index (Phi) is 3.66. The minimum atomic E-state index is -1.06. The molecule has 1 aromatic rings. The Hall–Kier alpha value is -2.12. The first-order chi connectivity index (χ1) is 7.84. The topological polar surface area (TPSA) is 110 Å². The first-order valence-corrected chi connectivity index (χ1v) is 4.99. The fourth-order valence-corrected chi connectivity index (χ4v) is 1.38. The van der Waals surface area contributed by atoms with Gasteiger partial charge in [0.2, 0.25) is 12.1 Å². The lowest BCUT2D eigenvalue weighted by Gasteiger charge is -2.18. The molecule has 0 aliphatic heterocycles. The summed E-state index contributed by atoms with van der Waals surface area (Å²) in [5.74, 6) is -1.55. The number of hydrogen-bond donors (Lipinski definition) is 2. The van der Waals surface area contributed by atoms with Crippen LogP contribution in [0.25, 0.3) is 0 Å². The van der Waals surface area contributed by atoms with E-state index < -0.39 is 16.9 Å². The molecular weight excluding hydrogens is 228 g/mol. The first kappa shape index (κ1) is 12.9. The summed E-state index contributed by atoms with van der Waals surface area (Å²) in [6.45, 7) is 3.43. The Morgan fingerprint density at radius 1 is 1.65 bits per heavy atom. The Bertz CT molecular complexity index is 440. The number of nitrogens with zero attached hydrogens (tertiary/aromatic N) is 3. The van der Waals surface area contributed by atoms with Gasteiger partial charge in [0.05, 0.1) is 0 Å². The van der Waals surface area contributed by atoms with Crippen LogP contribution in [-0.2, 0) is 11.8 Å². The van der Waals surface area contributed by atoms with Gasteiger partial charge in [-0.1, -0.05) is 13.8 Å². The number of aromatic nitrogens is 2. The maximum Gasteiger partial charge on any atom is 0.406 e. The van der Waals surface area contributed by atoms with Crippen LogP contribution in [0.2, 0.25) is 0 Å². The molecule has 1 aromatic heterocycles. The van der Waals surface area contributed by atoms with E-state index in [-0.39, 0.29) is 17.6 Å². The molecule has 2 N–H and O–H groups in total. The van der Waals surface area contributed by atoms with Gasteiger partial charge >= 0.3 is 11.8 Å². The molecule has 0 aliphatic carbocycles. The summed E-state index contributed by atoms with van der Waals surface area (Å²) in [6, 6.07) is -0.899. The Balaban J connectivity index is 3.04. The average molecular weight is 242 g/mol. The van der Waals surface area contributed by atoms with Crippen molar-refractivity contribution in [3.63, 3.8) is 0 Å². The summed E-state index contributed by atoms with van der Waals surface area (Å²) >= 11 is 0. The molecule has 0 fully saturated rings. The molecule has 0 saturated carbocycles. The number of anilines is 1. The Morgan fingerprint density at radius 3 is 2.65 bits per heavy atom. The number of carbonyl (C=O) groups is 1. The van der Waals surface area contributed by atoms with Crippen LogP contribution in [0.4, 0.5) is 11.6 Å². The summed E-state index contributed by atoms with van der Waals surface area (Å²) in [6.07, 6.45) is 1.26. The van der Waals surface area contributed by atoms with Gasteiger partial charge in [0.25, 0.3) is 0 Å². The minimum Gasteiger partial charge on any atom is -0.480 e. The lowest BCUT2D eigenvalue weighted by atomic mass is 10.1. The lowest BCUT2D eigenvalue weighted by molar-refractivity contribution is -0.388. The van der Waals surface area contributed by atoms with E-state index in [2.05, 4.69) is 10.3 Å². The number of aryl methyl sites for hydroxylation is 1. The van der Waals surface area contributed by atoms with Gasteiger partial charge in [0.15, 0.2) is 0 Å². The molecule has 0 aliphatic rings. The molecule has 0 aromatic carbocycles. The largest absolute Gasteiger partial charge is 0.480 e. The van der Waals surface area contributed by atoms with Gasteiger partial charge < -0.3 is 20.5 Å². The molecule has 1 heterocycles. The van der Waals surface area contributed by atoms with E-state index in [9.17, 15) is 14.9 Å². The van der Waals surface area contributed by atoms with Gasteiger partial charge in [-0.05, 0) is 15.8 Å². The van der Waals surface area contributed by atoms with Crippen molar-refractivity contribution in [3.05, 3.63) is 16.4 Å². The monoisotopic (exact) mass is 242 g/mol. The third kappa shape index (κ3) is 2.71. The molecule has 0 saturated heterocycles. The molecule has 0 radical (unpaired) electrons. The third-order valence-electron chi connectivity index (χ3n) is 2.32. The van der Waals surface area contributed by atoms with Crippen molar-refractivity contribution in [3.8, 4) is 0 Å². The number of aliphatic carboxylic acids is 1. The van der Waals surface area contributed by atoms with Crippen LogP contribution < -0.4 is 5.32 Å². The molecule has 0 bridgehead atoms. The number of imidazole rings is 1. The van der Waals surface area contributed by atoms with Gasteiger partial charge in [-0.3, -0.25) is 4.57 Å². The standard InChI is InChI=1S/C9H14N4O4/c1-5(2)6(9(14)15)11-8-7(13(16)17)10-4-12(8)3/h4-6,11H,1-3H3,(H,14,15)/t6-/m0/s1. The molecule has 17 heavy (non-hydrogen) atoms.